The van der Waals surface area contributed by atoms with Crippen molar-refractivity contribution >= 4 is 24.2 Å². The second kappa shape index (κ2) is 8.59. The van der Waals surface area contributed by atoms with Crippen molar-refractivity contribution in [3.05, 3.63) is 34.3 Å². The van der Waals surface area contributed by atoms with Gasteiger partial charge in [0.05, 0.1) is 6.61 Å². The minimum Gasteiger partial charge on any atom is -0.415 e. The van der Waals surface area contributed by atoms with Crippen molar-refractivity contribution in [3.8, 4) is 0 Å². The maximum atomic E-state index is 9.07. The van der Waals surface area contributed by atoms with E-state index in [2.05, 4.69) is 79.4 Å². The van der Waals surface area contributed by atoms with Crippen molar-refractivity contribution < 1.29 is 9.53 Å². The molecule has 0 aliphatic rings. The molecule has 3 nitrogen and oxygen atoms in total. The van der Waals surface area contributed by atoms with E-state index in [1.165, 1.54) is 5.56 Å². The topological polar surface area (TPSA) is 41.5 Å². The molecule has 1 rings (SSSR count). The van der Waals surface area contributed by atoms with Crippen LogP contribution in [-0.4, -0.2) is 39.2 Å². The van der Waals surface area contributed by atoms with E-state index in [1.807, 2.05) is 0 Å². The Hall–Kier alpha value is -0.203. The highest BCUT2D eigenvalue weighted by molar-refractivity contribution is 9.10. The first kappa shape index (κ1) is 19.8. The van der Waals surface area contributed by atoms with Crippen LogP contribution in [0.4, 0.5) is 0 Å². The molecular formula is C17H30BrNO2Si. The Kier molecular flexibility index (Phi) is 7.75. The van der Waals surface area contributed by atoms with Gasteiger partial charge in [0.25, 0.3) is 0 Å². The first-order valence-corrected chi connectivity index (χ1v) is 11.6. The van der Waals surface area contributed by atoms with Gasteiger partial charge in [0, 0.05) is 23.7 Å². The first-order chi connectivity index (χ1) is 10.2. The van der Waals surface area contributed by atoms with Gasteiger partial charge in [-0.15, -0.1) is 0 Å². The molecule has 126 valence electrons. The van der Waals surface area contributed by atoms with Crippen molar-refractivity contribution in [3.63, 3.8) is 0 Å². The number of hydrogen-bond acceptors (Lipinski definition) is 3. The lowest BCUT2D eigenvalue weighted by atomic mass is 10.1. The molecular weight excluding hydrogens is 358 g/mol. The van der Waals surface area contributed by atoms with Crippen LogP contribution in [0.15, 0.2) is 28.7 Å². The minimum absolute atomic E-state index is 0.150. The van der Waals surface area contributed by atoms with Gasteiger partial charge in [-0.05, 0) is 42.2 Å². The van der Waals surface area contributed by atoms with Crippen LogP contribution in [0.5, 0.6) is 0 Å². The molecule has 0 bridgehead atoms. The van der Waals surface area contributed by atoms with Gasteiger partial charge in [-0.3, -0.25) is 0 Å². The molecule has 0 saturated carbocycles. The summed E-state index contributed by atoms with van der Waals surface area (Å²) in [4.78, 5) is 0. The second-order valence-electron chi connectivity index (χ2n) is 7.28. The molecule has 1 aromatic rings. The number of hydrogen-bond donors (Lipinski definition) is 2. The van der Waals surface area contributed by atoms with Gasteiger partial charge >= 0.3 is 0 Å². The van der Waals surface area contributed by atoms with Crippen molar-refractivity contribution in [1.29, 1.82) is 0 Å². The molecule has 5 heteroatoms. The van der Waals surface area contributed by atoms with Crippen LogP contribution in [0.1, 0.15) is 26.3 Å². The van der Waals surface area contributed by atoms with E-state index in [0.29, 0.717) is 13.2 Å². The van der Waals surface area contributed by atoms with E-state index in [4.69, 9.17) is 9.53 Å². The SMILES string of the molecule is CC(C)(C)[Si](C)(C)OCC(Cc1ccc(Br)cc1)NCCO. The van der Waals surface area contributed by atoms with Gasteiger partial charge in [0.1, 0.15) is 0 Å². The predicted octanol–water partition coefficient (Wildman–Crippen LogP) is 3.96. The zero-order chi connectivity index (χ0) is 16.8. The van der Waals surface area contributed by atoms with Crippen LogP contribution >= 0.6 is 15.9 Å². The lowest BCUT2D eigenvalue weighted by Crippen LogP contribution is -2.46. The van der Waals surface area contributed by atoms with E-state index in [9.17, 15) is 0 Å². The van der Waals surface area contributed by atoms with Crippen molar-refractivity contribution in [2.45, 2.75) is 51.4 Å². The average Bonchev–Trinajstić information content (AvgIpc) is 2.43. The monoisotopic (exact) mass is 387 g/mol. The van der Waals surface area contributed by atoms with Gasteiger partial charge in [0.15, 0.2) is 8.32 Å². The van der Waals surface area contributed by atoms with Crippen molar-refractivity contribution in [1.82, 2.24) is 5.32 Å². The quantitative estimate of drug-likeness (QED) is 0.663. The molecule has 0 spiro atoms. The molecule has 0 fully saturated rings. The molecule has 0 saturated heterocycles. The first-order valence-electron chi connectivity index (χ1n) is 7.88. The maximum Gasteiger partial charge on any atom is 0.192 e. The van der Waals surface area contributed by atoms with E-state index in [-0.39, 0.29) is 17.7 Å². The summed E-state index contributed by atoms with van der Waals surface area (Å²) in [7, 11) is -1.74. The number of aliphatic hydroxyl groups is 1. The fourth-order valence-corrected chi connectivity index (χ4v) is 3.20. The van der Waals surface area contributed by atoms with Crippen LogP contribution in [0.3, 0.4) is 0 Å². The van der Waals surface area contributed by atoms with Crippen molar-refractivity contribution in [2.75, 3.05) is 19.8 Å². The van der Waals surface area contributed by atoms with E-state index in [0.717, 1.165) is 10.9 Å². The molecule has 0 aliphatic carbocycles. The second-order valence-corrected chi connectivity index (χ2v) is 13.0. The lowest BCUT2D eigenvalue weighted by molar-refractivity contribution is 0.226. The number of nitrogens with one attached hydrogen (secondary N) is 1. The van der Waals surface area contributed by atoms with Gasteiger partial charge in [0.2, 0.25) is 0 Å². The zero-order valence-electron chi connectivity index (χ0n) is 14.4. The molecule has 1 atom stereocenters. The number of rotatable bonds is 8. The Morgan fingerprint density at radius 1 is 1.23 bits per heavy atom. The Morgan fingerprint density at radius 2 is 1.82 bits per heavy atom. The third kappa shape index (κ3) is 6.50. The lowest BCUT2D eigenvalue weighted by Gasteiger charge is -2.37. The summed E-state index contributed by atoms with van der Waals surface area (Å²) in [5.41, 5.74) is 1.28. The third-order valence-electron chi connectivity index (χ3n) is 4.39. The van der Waals surface area contributed by atoms with Gasteiger partial charge in [-0.1, -0.05) is 48.8 Å². The van der Waals surface area contributed by atoms with Gasteiger partial charge in [-0.25, -0.2) is 0 Å². The largest absolute Gasteiger partial charge is 0.415 e. The fourth-order valence-electron chi connectivity index (χ4n) is 1.89. The van der Waals surface area contributed by atoms with E-state index in [1.54, 1.807) is 0 Å². The van der Waals surface area contributed by atoms with Gasteiger partial charge < -0.3 is 14.8 Å². The summed E-state index contributed by atoms with van der Waals surface area (Å²) in [6, 6.07) is 8.61. The Bertz CT molecular complexity index is 443. The Balaban J connectivity index is 2.66. The maximum absolute atomic E-state index is 9.07. The standard InChI is InChI=1S/C17H30BrNO2Si/c1-17(2,3)22(4,5)21-13-16(19-10-11-20)12-14-6-8-15(18)9-7-14/h6-9,16,19-20H,10-13H2,1-5H3. The summed E-state index contributed by atoms with van der Waals surface area (Å²) in [6.45, 7) is 12.7. The fraction of sp³-hybridized carbons (Fsp3) is 0.647. The highest BCUT2D eigenvalue weighted by atomic mass is 79.9. The summed E-state index contributed by atoms with van der Waals surface area (Å²) in [5, 5.41) is 12.7. The normalized spacial score (nSPS) is 14.1. The summed E-state index contributed by atoms with van der Waals surface area (Å²) in [6.07, 6.45) is 0.905. The van der Waals surface area contributed by atoms with Crippen LogP contribution in [0.25, 0.3) is 0 Å². The molecule has 0 radical (unpaired) electrons. The molecule has 0 aliphatic heterocycles. The van der Waals surface area contributed by atoms with Gasteiger partial charge in [-0.2, -0.15) is 0 Å². The molecule has 1 aromatic carbocycles. The highest BCUT2D eigenvalue weighted by Crippen LogP contribution is 2.36. The average molecular weight is 388 g/mol. The zero-order valence-corrected chi connectivity index (χ0v) is 17.0. The molecule has 1 unspecified atom stereocenters. The Labute approximate surface area is 144 Å². The minimum atomic E-state index is -1.74. The molecule has 0 amide bonds. The Morgan fingerprint density at radius 3 is 2.32 bits per heavy atom. The van der Waals surface area contributed by atoms with Crippen LogP contribution in [0.2, 0.25) is 18.1 Å². The summed E-state index contributed by atoms with van der Waals surface area (Å²) < 4.78 is 7.43. The molecule has 0 aromatic heterocycles. The van der Waals surface area contributed by atoms with Crippen molar-refractivity contribution in [2.24, 2.45) is 0 Å². The molecule has 22 heavy (non-hydrogen) atoms. The van der Waals surface area contributed by atoms with E-state index < -0.39 is 8.32 Å². The summed E-state index contributed by atoms with van der Waals surface area (Å²) in [5.74, 6) is 0. The smallest absolute Gasteiger partial charge is 0.192 e. The number of benzene rings is 1. The third-order valence-corrected chi connectivity index (χ3v) is 9.42. The van der Waals surface area contributed by atoms with Crippen LogP contribution in [-0.2, 0) is 10.8 Å². The number of aliphatic hydroxyl groups excluding tert-OH is 1. The molecule has 0 heterocycles. The highest BCUT2D eigenvalue weighted by Gasteiger charge is 2.37. The molecule has 2 N–H and O–H groups in total. The predicted molar refractivity (Wildman–Crippen MR) is 99.9 cm³/mol. The van der Waals surface area contributed by atoms with E-state index >= 15 is 0 Å². The van der Waals surface area contributed by atoms with Crippen LogP contribution < -0.4 is 5.32 Å². The number of halogens is 1. The van der Waals surface area contributed by atoms with Crippen LogP contribution in [0, 0.1) is 0 Å². The summed E-state index contributed by atoms with van der Waals surface area (Å²) >= 11 is 3.46.